The molecule has 0 radical (unpaired) electrons. The number of esters is 2. The van der Waals surface area contributed by atoms with Crippen molar-refractivity contribution in [1.29, 1.82) is 0 Å². The van der Waals surface area contributed by atoms with Crippen LogP contribution in [0.25, 0.3) is 0 Å². The third kappa shape index (κ3) is 11.0. The largest absolute Gasteiger partial charge is 0.497 e. The molecule has 2 fully saturated rings. The third-order valence-corrected chi connectivity index (χ3v) is 7.75. The molecule has 240 valence electrons. The lowest BCUT2D eigenvalue weighted by molar-refractivity contribution is -0.237. The lowest BCUT2D eigenvalue weighted by atomic mass is 10.1. The highest BCUT2D eigenvalue weighted by molar-refractivity contribution is 5.96. The van der Waals surface area contributed by atoms with Gasteiger partial charge in [-0.2, -0.15) is 0 Å². The fourth-order valence-corrected chi connectivity index (χ4v) is 5.26. The molecule has 0 amide bonds. The highest BCUT2D eigenvalue weighted by Crippen LogP contribution is 2.45. The summed E-state index contributed by atoms with van der Waals surface area (Å²) in [6.45, 7) is 3.84. The summed E-state index contributed by atoms with van der Waals surface area (Å²) >= 11 is 0. The van der Waals surface area contributed by atoms with Gasteiger partial charge < -0.3 is 28.4 Å². The topological polar surface area (TPSA) is 124 Å². The predicted octanol–water partition coefficient (Wildman–Crippen LogP) is 5.93. The third-order valence-electron chi connectivity index (χ3n) is 7.75. The average Bonchev–Trinajstić information content (AvgIpc) is 3.52. The molecule has 2 aliphatic rings. The standard InChI is InChI=1S/C33H48O10/c1-4-6-8-10-12-14-25(34)20-29(36)39-23-33-31(42-32(43-33)24-16-18-27(38-3)19-17-24)28(22-40-33)41-30(37)21-26(35)15-13-11-9-7-5-2/h16-19,28,31-32H,4-15,20-23H2,1-3H3/t28-,31+,32?,33+/m1/s1. The zero-order valence-electron chi connectivity index (χ0n) is 25.9. The molecule has 43 heavy (non-hydrogen) atoms. The summed E-state index contributed by atoms with van der Waals surface area (Å²) in [4.78, 5) is 49.8. The van der Waals surface area contributed by atoms with Crippen LogP contribution in [0.3, 0.4) is 0 Å². The molecule has 3 rings (SSSR count). The molecule has 10 heteroatoms. The zero-order valence-corrected chi connectivity index (χ0v) is 25.9. The van der Waals surface area contributed by atoms with Crippen LogP contribution in [-0.4, -0.2) is 61.8 Å². The molecule has 0 N–H and O–H groups in total. The number of carbonyl (C=O) groups excluding carboxylic acids is 4. The van der Waals surface area contributed by atoms with Crippen LogP contribution in [-0.2, 0) is 42.9 Å². The monoisotopic (exact) mass is 604 g/mol. The molecule has 0 bridgehead atoms. The molecule has 2 aliphatic heterocycles. The van der Waals surface area contributed by atoms with E-state index >= 15 is 0 Å². The molecule has 1 aromatic rings. The first-order chi connectivity index (χ1) is 20.8. The van der Waals surface area contributed by atoms with Gasteiger partial charge in [-0.3, -0.25) is 19.2 Å². The first-order valence-corrected chi connectivity index (χ1v) is 15.8. The second-order valence-corrected chi connectivity index (χ2v) is 11.4. The quantitative estimate of drug-likeness (QED) is 0.0947. The Bertz CT molecular complexity index is 1040. The van der Waals surface area contributed by atoms with Crippen LogP contribution >= 0.6 is 0 Å². The molecular weight excluding hydrogens is 556 g/mol. The molecule has 2 heterocycles. The Morgan fingerprint density at radius 2 is 1.40 bits per heavy atom. The van der Waals surface area contributed by atoms with E-state index in [9.17, 15) is 19.2 Å². The van der Waals surface area contributed by atoms with E-state index in [1.54, 1.807) is 31.4 Å². The number of hydrogen-bond acceptors (Lipinski definition) is 10. The first-order valence-electron chi connectivity index (χ1n) is 15.8. The van der Waals surface area contributed by atoms with Crippen molar-refractivity contribution in [3.05, 3.63) is 29.8 Å². The second-order valence-electron chi connectivity index (χ2n) is 11.4. The maximum atomic E-state index is 12.7. The van der Waals surface area contributed by atoms with E-state index in [1.165, 1.54) is 0 Å². The first kappa shape index (κ1) is 34.7. The van der Waals surface area contributed by atoms with Crippen LogP contribution in [0.2, 0.25) is 0 Å². The van der Waals surface area contributed by atoms with Gasteiger partial charge in [0.2, 0.25) is 5.79 Å². The van der Waals surface area contributed by atoms with Gasteiger partial charge in [-0.25, -0.2) is 0 Å². The van der Waals surface area contributed by atoms with Crippen LogP contribution in [0.4, 0.5) is 0 Å². The molecule has 0 aliphatic carbocycles. The van der Waals surface area contributed by atoms with E-state index in [0.717, 1.165) is 64.2 Å². The SMILES string of the molecule is CCCCCCCC(=O)CC(=O)OC[C@@]12OC[C@@H](OC(=O)CC(=O)CCCCCCC)[C@@H]1OC(c1ccc(OC)cc1)O2. The molecule has 1 unspecified atom stereocenters. The number of benzene rings is 1. The van der Waals surface area contributed by atoms with Crippen molar-refractivity contribution >= 4 is 23.5 Å². The number of hydrogen-bond donors (Lipinski definition) is 0. The number of fused-ring (bicyclic) bond motifs is 1. The lowest BCUT2D eigenvalue weighted by Gasteiger charge is -2.25. The van der Waals surface area contributed by atoms with Crippen molar-refractivity contribution in [2.45, 2.75) is 128 Å². The maximum absolute atomic E-state index is 12.7. The summed E-state index contributed by atoms with van der Waals surface area (Å²) in [5.41, 5.74) is 0.658. The van der Waals surface area contributed by atoms with Crippen LogP contribution in [0.15, 0.2) is 24.3 Å². The Labute approximate surface area is 255 Å². The maximum Gasteiger partial charge on any atom is 0.313 e. The Morgan fingerprint density at radius 1 is 0.814 bits per heavy atom. The van der Waals surface area contributed by atoms with Gasteiger partial charge in [-0.15, -0.1) is 0 Å². The molecule has 0 aromatic heterocycles. The number of ether oxygens (including phenoxy) is 6. The zero-order chi connectivity index (χ0) is 31.1. The Kier molecular flexibility index (Phi) is 14.6. The fraction of sp³-hybridized carbons (Fsp3) is 0.697. The van der Waals surface area contributed by atoms with Crippen LogP contribution in [0.5, 0.6) is 5.75 Å². The highest BCUT2D eigenvalue weighted by Gasteiger charge is 2.61. The van der Waals surface area contributed by atoms with Gasteiger partial charge in [0.25, 0.3) is 0 Å². The van der Waals surface area contributed by atoms with E-state index < -0.39 is 36.2 Å². The normalized spacial score (nSPS) is 22.6. The summed E-state index contributed by atoms with van der Waals surface area (Å²) < 4.78 is 34.6. The average molecular weight is 605 g/mol. The van der Waals surface area contributed by atoms with Crippen molar-refractivity contribution in [2.24, 2.45) is 0 Å². The molecular formula is C33H48O10. The van der Waals surface area contributed by atoms with Gasteiger partial charge in [-0.05, 0) is 25.0 Å². The van der Waals surface area contributed by atoms with Crippen molar-refractivity contribution in [3.63, 3.8) is 0 Å². The van der Waals surface area contributed by atoms with Crippen LogP contribution in [0.1, 0.15) is 116 Å². The summed E-state index contributed by atoms with van der Waals surface area (Å²) in [6, 6.07) is 7.04. The molecule has 1 aromatic carbocycles. The fourth-order valence-electron chi connectivity index (χ4n) is 5.26. The number of methoxy groups -OCH3 is 1. The minimum absolute atomic E-state index is 0.0643. The van der Waals surface area contributed by atoms with E-state index in [1.807, 2.05) is 0 Å². The number of ketones is 2. The van der Waals surface area contributed by atoms with E-state index in [-0.39, 0.29) is 37.6 Å². The summed E-state index contributed by atoms with van der Waals surface area (Å²) in [7, 11) is 1.56. The van der Waals surface area contributed by atoms with Crippen molar-refractivity contribution in [1.82, 2.24) is 0 Å². The second kappa shape index (κ2) is 18.1. The van der Waals surface area contributed by atoms with Gasteiger partial charge in [0.05, 0.1) is 13.7 Å². The van der Waals surface area contributed by atoms with E-state index in [0.29, 0.717) is 24.2 Å². The molecule has 2 saturated heterocycles. The van der Waals surface area contributed by atoms with Crippen molar-refractivity contribution in [2.75, 3.05) is 20.3 Å². The highest BCUT2D eigenvalue weighted by atomic mass is 16.9. The number of Topliss-reactive ketones (excluding diaryl/α,β-unsaturated/α-hetero) is 2. The van der Waals surface area contributed by atoms with Crippen molar-refractivity contribution < 1.29 is 47.6 Å². The molecule has 0 spiro atoms. The number of unbranched alkanes of at least 4 members (excludes halogenated alkanes) is 8. The van der Waals surface area contributed by atoms with Gasteiger partial charge in [0.15, 0.2) is 18.5 Å². The van der Waals surface area contributed by atoms with Crippen LogP contribution in [0, 0.1) is 0 Å². The predicted molar refractivity (Wildman–Crippen MR) is 157 cm³/mol. The Morgan fingerprint density at radius 3 is 1.98 bits per heavy atom. The molecule has 0 saturated carbocycles. The summed E-state index contributed by atoms with van der Waals surface area (Å²) in [5, 5.41) is 0. The van der Waals surface area contributed by atoms with Gasteiger partial charge >= 0.3 is 11.9 Å². The van der Waals surface area contributed by atoms with Gasteiger partial charge in [0.1, 0.15) is 36.8 Å². The summed E-state index contributed by atoms with van der Waals surface area (Å²) in [5.74, 6) is -2.59. The minimum atomic E-state index is -1.54. The van der Waals surface area contributed by atoms with E-state index in [2.05, 4.69) is 13.8 Å². The Hall–Kier alpha value is -2.82. The molecule has 4 atom stereocenters. The van der Waals surface area contributed by atoms with Gasteiger partial charge in [-0.1, -0.05) is 77.3 Å². The van der Waals surface area contributed by atoms with Crippen LogP contribution < -0.4 is 4.74 Å². The smallest absolute Gasteiger partial charge is 0.313 e. The van der Waals surface area contributed by atoms with Gasteiger partial charge in [0, 0.05) is 18.4 Å². The number of rotatable bonds is 21. The Balaban J connectivity index is 1.58. The number of carbonyl (C=O) groups is 4. The van der Waals surface area contributed by atoms with E-state index in [4.69, 9.17) is 28.4 Å². The lowest BCUT2D eigenvalue weighted by Crippen LogP contribution is -2.46. The van der Waals surface area contributed by atoms with Crippen molar-refractivity contribution in [3.8, 4) is 5.75 Å². The molecule has 10 nitrogen and oxygen atoms in total. The summed E-state index contributed by atoms with van der Waals surface area (Å²) in [6.07, 6.45) is 7.34. The minimum Gasteiger partial charge on any atom is -0.497 e.